The molecule has 0 spiro atoms. The van der Waals surface area contributed by atoms with E-state index < -0.39 is 11.6 Å². The van der Waals surface area contributed by atoms with Crippen molar-refractivity contribution >= 4 is 24.2 Å². The standard InChI is InChI=1S/C8H10NO6PS/c1-5-6(9(10)11)3-4-7(8(5)14-2)15-16(12,13)17/h3-4H,1-2H3,(H2,12,13,17). The molecule has 0 saturated carbocycles. The fourth-order valence-electron chi connectivity index (χ4n) is 1.31. The molecule has 0 aliphatic heterocycles. The smallest absolute Gasteiger partial charge is 0.375 e. The highest BCUT2D eigenvalue weighted by Gasteiger charge is 2.22. The first kappa shape index (κ1) is 13.9. The van der Waals surface area contributed by atoms with E-state index in [0.29, 0.717) is 0 Å². The average Bonchev–Trinajstić information content (AvgIpc) is 2.15. The van der Waals surface area contributed by atoms with Crippen LogP contribution in [0.25, 0.3) is 0 Å². The second kappa shape index (κ2) is 4.97. The van der Waals surface area contributed by atoms with Gasteiger partial charge in [-0.25, -0.2) is 0 Å². The number of hydrogen-bond acceptors (Lipinski definition) is 5. The van der Waals surface area contributed by atoms with Crippen molar-refractivity contribution in [1.29, 1.82) is 0 Å². The second-order valence-corrected chi connectivity index (χ2v) is 5.67. The molecule has 1 rings (SSSR count). The molecule has 0 saturated heterocycles. The number of hydrogen-bond donors (Lipinski definition) is 2. The zero-order chi connectivity index (χ0) is 13.2. The molecule has 1 aromatic rings. The second-order valence-electron chi connectivity index (χ2n) is 3.08. The van der Waals surface area contributed by atoms with Gasteiger partial charge in [0.2, 0.25) is 0 Å². The first-order valence-corrected chi connectivity index (χ1v) is 6.96. The molecule has 1 aromatic carbocycles. The number of rotatable bonds is 4. The van der Waals surface area contributed by atoms with Crippen LogP contribution in [0.4, 0.5) is 5.69 Å². The van der Waals surface area contributed by atoms with E-state index in [1.54, 1.807) is 0 Å². The van der Waals surface area contributed by atoms with Gasteiger partial charge in [0.15, 0.2) is 11.5 Å². The summed E-state index contributed by atoms with van der Waals surface area (Å²) in [5.41, 5.74) is 0.0665. The topological polar surface area (TPSA) is 102 Å². The van der Waals surface area contributed by atoms with Gasteiger partial charge < -0.3 is 19.0 Å². The fraction of sp³-hybridized carbons (Fsp3) is 0.250. The van der Waals surface area contributed by atoms with Crippen LogP contribution in [-0.2, 0) is 11.8 Å². The number of benzene rings is 1. The van der Waals surface area contributed by atoms with E-state index >= 15 is 0 Å². The van der Waals surface area contributed by atoms with Crippen LogP contribution in [0, 0.1) is 17.0 Å². The SMILES string of the molecule is COc1c(OP(O)(O)=S)ccc([N+](=O)[O-])c1C. The first-order chi connectivity index (χ1) is 7.76. The Morgan fingerprint density at radius 1 is 1.47 bits per heavy atom. The zero-order valence-corrected chi connectivity index (χ0v) is 10.7. The summed E-state index contributed by atoms with van der Waals surface area (Å²) in [5.74, 6) is 0.0143. The average molecular weight is 279 g/mol. The molecule has 0 fully saturated rings. The Bertz CT molecular complexity index is 499. The van der Waals surface area contributed by atoms with Crippen LogP contribution < -0.4 is 9.26 Å². The fourth-order valence-corrected chi connectivity index (χ4v) is 1.95. The van der Waals surface area contributed by atoms with Crippen molar-refractivity contribution in [3.8, 4) is 11.5 Å². The molecule has 17 heavy (non-hydrogen) atoms. The van der Waals surface area contributed by atoms with E-state index in [1.807, 2.05) is 0 Å². The summed E-state index contributed by atoms with van der Waals surface area (Å²) in [5, 5.41) is 10.7. The van der Waals surface area contributed by atoms with E-state index in [4.69, 9.17) is 19.0 Å². The van der Waals surface area contributed by atoms with Crippen LogP contribution in [0.3, 0.4) is 0 Å². The van der Waals surface area contributed by atoms with E-state index in [9.17, 15) is 10.1 Å². The summed E-state index contributed by atoms with van der Waals surface area (Å²) in [4.78, 5) is 28.2. The molecule has 7 nitrogen and oxygen atoms in total. The summed E-state index contributed by atoms with van der Waals surface area (Å²) in [6, 6.07) is 2.38. The lowest BCUT2D eigenvalue weighted by Gasteiger charge is -2.14. The Morgan fingerprint density at radius 3 is 2.47 bits per heavy atom. The van der Waals surface area contributed by atoms with Crippen LogP contribution in [0.15, 0.2) is 12.1 Å². The van der Waals surface area contributed by atoms with E-state index in [1.165, 1.54) is 26.2 Å². The molecular formula is C8H10NO6PS. The number of methoxy groups -OCH3 is 1. The minimum absolute atomic E-state index is 0.0380. The summed E-state index contributed by atoms with van der Waals surface area (Å²) < 4.78 is 9.66. The lowest BCUT2D eigenvalue weighted by atomic mass is 10.1. The van der Waals surface area contributed by atoms with Crippen LogP contribution in [0.1, 0.15) is 5.56 Å². The lowest BCUT2D eigenvalue weighted by molar-refractivity contribution is -0.385. The van der Waals surface area contributed by atoms with Crippen molar-refractivity contribution in [2.75, 3.05) is 7.11 Å². The normalized spacial score (nSPS) is 11.1. The predicted octanol–water partition coefficient (Wildman–Crippen LogP) is 1.50. The third kappa shape index (κ3) is 3.37. The van der Waals surface area contributed by atoms with Gasteiger partial charge in [0.05, 0.1) is 17.6 Å². The van der Waals surface area contributed by atoms with Crippen molar-refractivity contribution in [2.45, 2.75) is 6.92 Å². The summed E-state index contributed by atoms with van der Waals surface area (Å²) >= 11 is 4.31. The molecule has 94 valence electrons. The molecule has 2 N–H and O–H groups in total. The first-order valence-electron chi connectivity index (χ1n) is 4.33. The molecule has 0 aliphatic rings. The van der Waals surface area contributed by atoms with Crippen LogP contribution >= 0.6 is 6.72 Å². The van der Waals surface area contributed by atoms with Crippen LogP contribution in [-0.4, -0.2) is 21.8 Å². The summed E-state index contributed by atoms with van der Waals surface area (Å²) in [6.45, 7) is -2.44. The zero-order valence-electron chi connectivity index (χ0n) is 8.98. The Kier molecular flexibility index (Phi) is 4.05. The van der Waals surface area contributed by atoms with Crippen molar-refractivity contribution in [3.05, 3.63) is 27.8 Å². The largest absolute Gasteiger partial charge is 0.492 e. The Morgan fingerprint density at radius 2 is 2.06 bits per heavy atom. The number of nitrogens with zero attached hydrogens (tertiary/aromatic N) is 1. The van der Waals surface area contributed by atoms with Gasteiger partial charge in [0.1, 0.15) is 0 Å². The molecule has 0 unspecified atom stereocenters. The van der Waals surface area contributed by atoms with Gasteiger partial charge >= 0.3 is 6.72 Å². The van der Waals surface area contributed by atoms with Gasteiger partial charge in [-0.3, -0.25) is 10.1 Å². The van der Waals surface area contributed by atoms with E-state index in [2.05, 4.69) is 11.8 Å². The molecule has 0 amide bonds. The highest BCUT2D eigenvalue weighted by molar-refractivity contribution is 8.06. The number of ether oxygens (including phenoxy) is 1. The number of nitro benzene ring substituents is 1. The highest BCUT2D eigenvalue weighted by Crippen LogP contribution is 2.45. The lowest BCUT2D eigenvalue weighted by Crippen LogP contribution is -1.99. The van der Waals surface area contributed by atoms with Gasteiger partial charge in [0.25, 0.3) is 5.69 Å². The maximum atomic E-state index is 10.7. The third-order valence-corrected chi connectivity index (χ3v) is 2.62. The Balaban J connectivity index is 3.31. The highest BCUT2D eigenvalue weighted by atomic mass is 32.5. The molecule has 0 atom stereocenters. The minimum Gasteiger partial charge on any atom is -0.492 e. The Labute approximate surface area is 102 Å². The summed E-state index contributed by atoms with van der Waals surface area (Å²) in [7, 11) is 1.29. The van der Waals surface area contributed by atoms with Gasteiger partial charge in [-0.05, 0) is 13.0 Å². The summed E-state index contributed by atoms with van der Waals surface area (Å²) in [6.07, 6.45) is 0. The predicted molar refractivity (Wildman–Crippen MR) is 63.7 cm³/mol. The van der Waals surface area contributed by atoms with Crippen molar-refractivity contribution in [1.82, 2.24) is 0 Å². The monoisotopic (exact) mass is 279 g/mol. The van der Waals surface area contributed by atoms with Gasteiger partial charge in [0, 0.05) is 17.9 Å². The molecule has 0 aliphatic carbocycles. The molecule has 9 heteroatoms. The third-order valence-electron chi connectivity index (χ3n) is 1.96. The Hall–Kier alpha value is -1.21. The van der Waals surface area contributed by atoms with Crippen molar-refractivity contribution in [2.24, 2.45) is 0 Å². The maximum Gasteiger partial charge on any atom is 0.375 e. The number of nitro groups is 1. The molecule has 0 radical (unpaired) electrons. The maximum absolute atomic E-state index is 10.7. The molecule has 0 heterocycles. The van der Waals surface area contributed by atoms with E-state index in [0.717, 1.165) is 0 Å². The van der Waals surface area contributed by atoms with Gasteiger partial charge in [-0.1, -0.05) is 0 Å². The van der Waals surface area contributed by atoms with Crippen molar-refractivity contribution in [3.63, 3.8) is 0 Å². The van der Waals surface area contributed by atoms with E-state index in [-0.39, 0.29) is 22.7 Å². The van der Waals surface area contributed by atoms with Crippen LogP contribution in [0.5, 0.6) is 11.5 Å². The molecule has 0 bridgehead atoms. The molecular weight excluding hydrogens is 269 g/mol. The van der Waals surface area contributed by atoms with Gasteiger partial charge in [-0.2, -0.15) is 0 Å². The minimum atomic E-state index is -3.90. The van der Waals surface area contributed by atoms with Gasteiger partial charge in [-0.15, -0.1) is 0 Å². The quantitative estimate of drug-likeness (QED) is 0.489. The van der Waals surface area contributed by atoms with Crippen molar-refractivity contribution < 1.29 is 24.0 Å². The van der Waals surface area contributed by atoms with Crippen LogP contribution in [0.2, 0.25) is 0 Å². The molecule has 0 aromatic heterocycles.